The molecule has 2 aromatic carbocycles. The van der Waals surface area contributed by atoms with Crippen molar-refractivity contribution < 1.29 is 9.21 Å². The molecule has 0 aliphatic heterocycles. The minimum Gasteiger partial charge on any atom is -0.469 e. The zero-order valence-electron chi connectivity index (χ0n) is 10.3. The molecule has 3 aromatic rings. The fourth-order valence-corrected chi connectivity index (χ4v) is 2.41. The van der Waals surface area contributed by atoms with Crippen LogP contribution in [0.5, 0.6) is 0 Å². The topological polar surface area (TPSA) is 30.2 Å². The van der Waals surface area contributed by atoms with Gasteiger partial charge in [0, 0.05) is 16.0 Å². The van der Waals surface area contributed by atoms with Gasteiger partial charge in [0.05, 0.1) is 5.56 Å². The first-order chi connectivity index (χ1) is 9.16. The molecule has 0 saturated heterocycles. The normalized spacial score (nSPS) is 10.8. The Balaban J connectivity index is 2.21. The molecule has 3 rings (SSSR count). The average molecular weight is 271 g/mol. The number of hydrogen-bond acceptors (Lipinski definition) is 2. The molecule has 0 bridgehead atoms. The molecule has 0 atom stereocenters. The summed E-state index contributed by atoms with van der Waals surface area (Å²) < 4.78 is 5.20. The fourth-order valence-electron chi connectivity index (χ4n) is 2.18. The van der Waals surface area contributed by atoms with Crippen molar-refractivity contribution in [3.8, 4) is 0 Å². The smallest absolute Gasteiger partial charge is 0.196 e. The largest absolute Gasteiger partial charge is 0.469 e. The standard InChI is InChI=1S/C16H11ClO2/c1-10-8-11(9-19-10)16(18)14-6-7-15(17)13-5-3-2-4-12(13)14/h2-9H,1H3. The maximum absolute atomic E-state index is 12.5. The number of furan rings is 1. The van der Waals surface area contributed by atoms with E-state index < -0.39 is 0 Å². The van der Waals surface area contributed by atoms with E-state index in [2.05, 4.69) is 0 Å². The molecule has 0 radical (unpaired) electrons. The van der Waals surface area contributed by atoms with E-state index in [1.54, 1.807) is 18.2 Å². The predicted molar refractivity (Wildman–Crippen MR) is 75.8 cm³/mol. The lowest BCUT2D eigenvalue weighted by Gasteiger charge is -2.06. The van der Waals surface area contributed by atoms with Crippen LogP contribution in [0.3, 0.4) is 0 Å². The van der Waals surface area contributed by atoms with Gasteiger partial charge in [-0.15, -0.1) is 0 Å². The molecule has 0 N–H and O–H groups in total. The van der Waals surface area contributed by atoms with E-state index in [-0.39, 0.29) is 5.78 Å². The molecule has 1 aromatic heterocycles. The molecule has 19 heavy (non-hydrogen) atoms. The summed E-state index contributed by atoms with van der Waals surface area (Å²) in [5.74, 6) is 0.673. The fraction of sp³-hybridized carbons (Fsp3) is 0.0625. The summed E-state index contributed by atoms with van der Waals surface area (Å²) in [4.78, 5) is 12.5. The first kappa shape index (κ1) is 12.0. The molecule has 0 amide bonds. The molecule has 0 aliphatic carbocycles. The number of fused-ring (bicyclic) bond motifs is 1. The molecule has 0 unspecified atom stereocenters. The zero-order chi connectivity index (χ0) is 13.4. The Morgan fingerprint density at radius 1 is 1.11 bits per heavy atom. The highest BCUT2D eigenvalue weighted by atomic mass is 35.5. The molecular formula is C16H11ClO2. The number of benzene rings is 2. The van der Waals surface area contributed by atoms with Crippen molar-refractivity contribution in [3.63, 3.8) is 0 Å². The summed E-state index contributed by atoms with van der Waals surface area (Å²) >= 11 is 6.15. The van der Waals surface area contributed by atoms with E-state index in [1.807, 2.05) is 31.2 Å². The Hall–Kier alpha value is -2.06. The van der Waals surface area contributed by atoms with Crippen molar-refractivity contribution >= 4 is 28.2 Å². The van der Waals surface area contributed by atoms with Crippen LogP contribution in [0.2, 0.25) is 5.02 Å². The van der Waals surface area contributed by atoms with Gasteiger partial charge in [0.15, 0.2) is 5.78 Å². The minimum atomic E-state index is -0.0512. The number of hydrogen-bond donors (Lipinski definition) is 0. The second-order valence-corrected chi connectivity index (χ2v) is 4.82. The van der Waals surface area contributed by atoms with Gasteiger partial charge in [-0.05, 0) is 30.5 Å². The molecule has 0 fully saturated rings. The molecule has 2 nitrogen and oxygen atoms in total. The second-order valence-electron chi connectivity index (χ2n) is 4.42. The van der Waals surface area contributed by atoms with Gasteiger partial charge in [0.25, 0.3) is 0 Å². The third-order valence-corrected chi connectivity index (χ3v) is 3.44. The minimum absolute atomic E-state index is 0.0512. The number of aryl methyl sites for hydroxylation is 1. The van der Waals surface area contributed by atoms with Crippen LogP contribution in [0.15, 0.2) is 53.1 Å². The van der Waals surface area contributed by atoms with Crippen molar-refractivity contribution in [1.82, 2.24) is 0 Å². The van der Waals surface area contributed by atoms with Gasteiger partial charge in [-0.3, -0.25) is 4.79 Å². The maximum Gasteiger partial charge on any atom is 0.196 e. The van der Waals surface area contributed by atoms with Gasteiger partial charge in [-0.1, -0.05) is 35.9 Å². The monoisotopic (exact) mass is 270 g/mol. The summed E-state index contributed by atoms with van der Waals surface area (Å²) in [5, 5.41) is 2.39. The number of ketones is 1. The average Bonchev–Trinajstić information content (AvgIpc) is 2.86. The van der Waals surface area contributed by atoms with Gasteiger partial charge in [-0.2, -0.15) is 0 Å². The molecule has 0 aliphatic rings. The van der Waals surface area contributed by atoms with Crippen LogP contribution >= 0.6 is 11.6 Å². The van der Waals surface area contributed by atoms with E-state index in [4.69, 9.17) is 16.0 Å². The van der Waals surface area contributed by atoms with E-state index in [0.29, 0.717) is 16.1 Å². The first-order valence-corrected chi connectivity index (χ1v) is 6.31. The molecular weight excluding hydrogens is 260 g/mol. The Morgan fingerprint density at radius 3 is 2.53 bits per heavy atom. The number of carbonyl (C=O) groups is 1. The molecule has 1 heterocycles. The van der Waals surface area contributed by atoms with Crippen LogP contribution < -0.4 is 0 Å². The van der Waals surface area contributed by atoms with Crippen LogP contribution in [-0.2, 0) is 0 Å². The van der Waals surface area contributed by atoms with Crippen molar-refractivity contribution in [2.75, 3.05) is 0 Å². The van der Waals surface area contributed by atoms with Crippen molar-refractivity contribution in [3.05, 3.63) is 70.6 Å². The highest BCUT2D eigenvalue weighted by molar-refractivity contribution is 6.36. The summed E-state index contributed by atoms with van der Waals surface area (Å²) in [6, 6.07) is 12.9. The van der Waals surface area contributed by atoms with Gasteiger partial charge >= 0.3 is 0 Å². The quantitative estimate of drug-likeness (QED) is 0.636. The lowest BCUT2D eigenvalue weighted by molar-refractivity contribution is 0.103. The molecule has 3 heteroatoms. The van der Waals surface area contributed by atoms with Crippen LogP contribution in [0.25, 0.3) is 10.8 Å². The Labute approximate surface area is 115 Å². The van der Waals surface area contributed by atoms with Crippen molar-refractivity contribution in [2.24, 2.45) is 0 Å². The molecule has 0 saturated carbocycles. The lowest BCUT2D eigenvalue weighted by atomic mass is 9.98. The van der Waals surface area contributed by atoms with E-state index in [1.165, 1.54) is 6.26 Å². The van der Waals surface area contributed by atoms with Crippen LogP contribution in [-0.4, -0.2) is 5.78 Å². The lowest BCUT2D eigenvalue weighted by Crippen LogP contribution is -2.00. The van der Waals surface area contributed by atoms with Crippen LogP contribution in [0.4, 0.5) is 0 Å². The second kappa shape index (κ2) is 4.56. The van der Waals surface area contributed by atoms with E-state index in [9.17, 15) is 4.79 Å². The van der Waals surface area contributed by atoms with E-state index >= 15 is 0 Å². The van der Waals surface area contributed by atoms with Gasteiger partial charge < -0.3 is 4.42 Å². The zero-order valence-corrected chi connectivity index (χ0v) is 11.1. The van der Waals surface area contributed by atoms with Gasteiger partial charge in [0.2, 0.25) is 0 Å². The summed E-state index contributed by atoms with van der Waals surface area (Å²) in [6.45, 7) is 1.82. The van der Waals surface area contributed by atoms with Crippen molar-refractivity contribution in [2.45, 2.75) is 6.92 Å². The third-order valence-electron chi connectivity index (χ3n) is 3.11. The number of carbonyl (C=O) groups excluding carboxylic acids is 1. The number of halogens is 1. The highest BCUT2D eigenvalue weighted by Crippen LogP contribution is 2.28. The summed E-state index contributed by atoms with van der Waals surface area (Å²) in [6.07, 6.45) is 1.49. The Bertz CT molecular complexity index is 771. The first-order valence-electron chi connectivity index (χ1n) is 5.94. The van der Waals surface area contributed by atoms with Crippen LogP contribution in [0, 0.1) is 6.92 Å². The summed E-state index contributed by atoms with van der Waals surface area (Å²) in [7, 11) is 0. The molecule has 0 spiro atoms. The Kier molecular flexibility index (Phi) is 2.88. The number of rotatable bonds is 2. The van der Waals surface area contributed by atoms with Crippen LogP contribution in [0.1, 0.15) is 21.7 Å². The highest BCUT2D eigenvalue weighted by Gasteiger charge is 2.15. The van der Waals surface area contributed by atoms with Gasteiger partial charge in [0.1, 0.15) is 12.0 Å². The maximum atomic E-state index is 12.5. The third kappa shape index (κ3) is 2.04. The van der Waals surface area contributed by atoms with Gasteiger partial charge in [-0.25, -0.2) is 0 Å². The SMILES string of the molecule is Cc1cc(C(=O)c2ccc(Cl)c3ccccc23)co1. The van der Waals surface area contributed by atoms with E-state index in [0.717, 1.165) is 16.5 Å². The summed E-state index contributed by atoms with van der Waals surface area (Å²) in [5.41, 5.74) is 1.20. The predicted octanol–water partition coefficient (Wildman–Crippen LogP) is 4.63. The molecule has 94 valence electrons. The van der Waals surface area contributed by atoms with Crippen molar-refractivity contribution in [1.29, 1.82) is 0 Å². The Morgan fingerprint density at radius 2 is 1.84 bits per heavy atom.